The Kier molecular flexibility index (Phi) is 5.30. The van der Waals surface area contributed by atoms with Crippen LogP contribution in [-0.4, -0.2) is 5.24 Å². The maximum absolute atomic E-state index is 10.9. The Labute approximate surface area is 126 Å². The minimum absolute atomic E-state index is 0.411. The number of rotatable bonds is 2. The van der Waals surface area contributed by atoms with Gasteiger partial charge in [0.25, 0.3) is 5.24 Å². The molecule has 2 N–H and O–H groups in total. The molecule has 0 aliphatic heterocycles. The smallest absolute Gasteiger partial charge is 0.252 e. The fourth-order valence-corrected chi connectivity index (χ4v) is 2.44. The summed E-state index contributed by atoms with van der Waals surface area (Å²) in [6.45, 7) is 0.678. The van der Waals surface area contributed by atoms with E-state index in [1.807, 2.05) is 47.8 Å². The third kappa shape index (κ3) is 3.90. The molecule has 2 aromatic carbocycles. The molecule has 2 nitrogen and oxygen atoms in total. The molecular weight excluding hydrogens is 290 g/mol. The van der Waals surface area contributed by atoms with Gasteiger partial charge in [0.05, 0.1) is 0 Å². The van der Waals surface area contributed by atoms with Crippen molar-refractivity contribution >= 4 is 39.0 Å². The molecule has 0 amide bonds. The van der Waals surface area contributed by atoms with Gasteiger partial charge in [-0.05, 0) is 46.0 Å². The maximum Gasteiger partial charge on any atom is 0.252 e. The average molecular weight is 304 g/mol. The third-order valence-corrected chi connectivity index (χ3v) is 3.87. The zero-order chi connectivity index (χ0) is 14.4. The monoisotopic (exact) mass is 303 g/mol. The molecule has 20 heavy (non-hydrogen) atoms. The Morgan fingerprint density at radius 2 is 1.80 bits per heavy atom. The highest BCUT2D eigenvalue weighted by Gasteiger charge is 2.01. The van der Waals surface area contributed by atoms with Crippen LogP contribution in [0.3, 0.4) is 0 Å². The van der Waals surface area contributed by atoms with Crippen molar-refractivity contribution < 1.29 is 4.79 Å². The van der Waals surface area contributed by atoms with E-state index < -0.39 is 5.24 Å². The van der Waals surface area contributed by atoms with Gasteiger partial charge in [0.2, 0.25) is 0 Å². The van der Waals surface area contributed by atoms with Gasteiger partial charge in [-0.25, -0.2) is 0 Å². The van der Waals surface area contributed by atoms with E-state index in [1.54, 1.807) is 23.5 Å². The van der Waals surface area contributed by atoms with Crippen molar-refractivity contribution in [1.29, 1.82) is 0 Å². The molecule has 0 spiro atoms. The van der Waals surface area contributed by atoms with Crippen LogP contribution in [0, 0.1) is 0 Å². The van der Waals surface area contributed by atoms with Crippen molar-refractivity contribution in [2.75, 3.05) is 0 Å². The highest BCUT2D eigenvalue weighted by Crippen LogP contribution is 2.16. The Morgan fingerprint density at radius 1 is 1.05 bits per heavy atom. The number of hydrogen-bond acceptors (Lipinski definition) is 3. The van der Waals surface area contributed by atoms with Crippen LogP contribution in [0.2, 0.25) is 0 Å². The molecule has 3 rings (SSSR count). The first-order valence-electron chi connectivity index (χ1n) is 6.12. The molecule has 0 atom stereocenters. The van der Waals surface area contributed by atoms with Crippen molar-refractivity contribution in [2.45, 2.75) is 6.54 Å². The van der Waals surface area contributed by atoms with E-state index in [0.29, 0.717) is 12.1 Å². The number of halogens is 1. The lowest BCUT2D eigenvalue weighted by atomic mass is 10.1. The minimum atomic E-state index is -0.411. The summed E-state index contributed by atoms with van der Waals surface area (Å²) < 4.78 is 0. The minimum Gasteiger partial charge on any atom is -0.326 e. The van der Waals surface area contributed by atoms with Crippen molar-refractivity contribution in [2.24, 2.45) is 5.73 Å². The molecule has 1 aromatic heterocycles. The molecular formula is C16H14ClNOS. The van der Waals surface area contributed by atoms with Gasteiger partial charge in [0, 0.05) is 17.0 Å². The first-order valence-corrected chi connectivity index (χ1v) is 7.37. The highest BCUT2D eigenvalue weighted by atomic mass is 35.5. The van der Waals surface area contributed by atoms with Gasteiger partial charge in [-0.3, -0.25) is 4.79 Å². The lowest BCUT2D eigenvalue weighted by Gasteiger charge is -1.98. The summed E-state index contributed by atoms with van der Waals surface area (Å²) in [5, 5.41) is 3.77. The molecule has 4 heteroatoms. The summed E-state index contributed by atoms with van der Waals surface area (Å²) in [4.78, 5) is 12.1. The van der Waals surface area contributed by atoms with Crippen LogP contribution in [0.1, 0.15) is 15.2 Å². The molecule has 3 aromatic rings. The quantitative estimate of drug-likeness (QED) is 0.712. The predicted molar refractivity (Wildman–Crippen MR) is 86.3 cm³/mol. The molecule has 102 valence electrons. The van der Waals surface area contributed by atoms with Crippen LogP contribution in [-0.2, 0) is 6.54 Å². The number of nitrogens with two attached hydrogens (primary N) is 1. The maximum atomic E-state index is 10.9. The van der Waals surface area contributed by atoms with Crippen LogP contribution in [0.25, 0.3) is 10.8 Å². The second-order valence-corrected chi connectivity index (χ2v) is 5.49. The predicted octanol–water partition coefficient (Wildman–Crippen LogP) is 4.43. The second-order valence-electron chi connectivity index (χ2n) is 4.12. The first-order chi connectivity index (χ1) is 9.70. The fraction of sp³-hybridized carbons (Fsp3) is 0.0625. The Morgan fingerprint density at radius 3 is 2.35 bits per heavy atom. The molecule has 0 radical (unpaired) electrons. The number of benzene rings is 2. The van der Waals surface area contributed by atoms with Crippen LogP contribution < -0.4 is 5.73 Å². The summed E-state index contributed by atoms with van der Waals surface area (Å²) in [6.07, 6.45) is 0. The van der Waals surface area contributed by atoms with E-state index >= 15 is 0 Å². The Bertz CT molecular complexity index is 695. The fourth-order valence-electron chi connectivity index (χ4n) is 1.74. The number of carbonyl (C=O) groups is 1. The zero-order valence-corrected chi connectivity index (χ0v) is 12.3. The van der Waals surface area contributed by atoms with Crippen molar-refractivity contribution in [3.63, 3.8) is 0 Å². The molecule has 0 saturated heterocycles. The van der Waals surface area contributed by atoms with Gasteiger partial charge in [0.1, 0.15) is 0 Å². The van der Waals surface area contributed by atoms with E-state index in [4.69, 9.17) is 17.3 Å². The molecule has 0 aliphatic carbocycles. The molecule has 0 unspecified atom stereocenters. The lowest BCUT2D eigenvalue weighted by Crippen LogP contribution is -1.90. The number of carbonyl (C=O) groups excluding carboxylic acids is 1. The van der Waals surface area contributed by atoms with Gasteiger partial charge >= 0.3 is 0 Å². The Balaban J connectivity index is 0.000000178. The average Bonchev–Trinajstić information content (AvgIpc) is 3.01. The van der Waals surface area contributed by atoms with Crippen molar-refractivity contribution in [3.8, 4) is 0 Å². The van der Waals surface area contributed by atoms with E-state index in [2.05, 4.69) is 0 Å². The summed E-state index contributed by atoms with van der Waals surface area (Å²) in [5.74, 6) is 0. The van der Waals surface area contributed by atoms with Crippen LogP contribution in [0.4, 0.5) is 0 Å². The summed E-state index contributed by atoms with van der Waals surface area (Å²) in [5.41, 5.74) is 5.85. The highest BCUT2D eigenvalue weighted by molar-refractivity contribution is 7.09. The molecule has 0 aliphatic rings. The summed E-state index contributed by atoms with van der Waals surface area (Å²) >= 11 is 7.06. The molecule has 0 saturated carbocycles. The van der Waals surface area contributed by atoms with E-state index in [-0.39, 0.29) is 0 Å². The number of hydrogen-bond donors (Lipinski definition) is 1. The number of fused-ring (bicyclic) bond motifs is 1. The standard InChI is InChI=1S/C11H7ClO.C5H7NS/c12-11(13)10-6-5-8-3-1-2-4-9(8)7-10;6-4-5-2-1-3-7-5/h1-7H;1-3H,4,6H2. The van der Waals surface area contributed by atoms with Crippen molar-refractivity contribution in [1.82, 2.24) is 0 Å². The first kappa shape index (κ1) is 14.7. The normalized spacial score (nSPS) is 9.90. The second kappa shape index (κ2) is 7.20. The topological polar surface area (TPSA) is 43.1 Å². The van der Waals surface area contributed by atoms with Gasteiger partial charge < -0.3 is 5.73 Å². The third-order valence-electron chi connectivity index (χ3n) is 2.76. The van der Waals surface area contributed by atoms with E-state index in [9.17, 15) is 4.79 Å². The van der Waals surface area contributed by atoms with Crippen molar-refractivity contribution in [3.05, 3.63) is 70.4 Å². The molecule has 0 fully saturated rings. The number of thiophene rings is 1. The summed E-state index contributed by atoms with van der Waals surface area (Å²) in [6, 6.07) is 17.3. The van der Waals surface area contributed by atoms with Crippen LogP contribution in [0.5, 0.6) is 0 Å². The van der Waals surface area contributed by atoms with E-state index in [0.717, 1.165) is 10.8 Å². The van der Waals surface area contributed by atoms with Gasteiger partial charge in [-0.2, -0.15) is 0 Å². The van der Waals surface area contributed by atoms with Crippen LogP contribution in [0.15, 0.2) is 60.0 Å². The van der Waals surface area contributed by atoms with Gasteiger partial charge in [0.15, 0.2) is 0 Å². The SMILES string of the molecule is NCc1cccs1.O=C(Cl)c1ccc2ccccc2c1. The molecule has 1 heterocycles. The summed E-state index contributed by atoms with van der Waals surface area (Å²) in [7, 11) is 0. The lowest BCUT2D eigenvalue weighted by molar-refractivity contribution is 0.108. The van der Waals surface area contributed by atoms with Gasteiger partial charge in [-0.15, -0.1) is 11.3 Å². The largest absolute Gasteiger partial charge is 0.326 e. The van der Waals surface area contributed by atoms with E-state index in [1.165, 1.54) is 4.88 Å². The van der Waals surface area contributed by atoms with Gasteiger partial charge in [-0.1, -0.05) is 36.4 Å². The Hall–Kier alpha value is -1.68. The molecule has 0 bridgehead atoms. The zero-order valence-electron chi connectivity index (χ0n) is 10.8. The van der Waals surface area contributed by atoms with Crippen LogP contribution >= 0.6 is 22.9 Å².